The first-order valence-corrected chi connectivity index (χ1v) is 6.76. The van der Waals surface area contributed by atoms with Gasteiger partial charge < -0.3 is 19.1 Å². The van der Waals surface area contributed by atoms with Gasteiger partial charge in [-0.05, 0) is 43.9 Å². The van der Waals surface area contributed by atoms with E-state index < -0.39 is 0 Å². The van der Waals surface area contributed by atoms with Crippen LogP contribution in [0, 0.1) is 0 Å². The highest BCUT2D eigenvalue weighted by atomic mass is 16.5. The summed E-state index contributed by atoms with van der Waals surface area (Å²) in [6.07, 6.45) is 0. The van der Waals surface area contributed by atoms with Crippen LogP contribution in [0.2, 0.25) is 0 Å². The molecule has 0 saturated heterocycles. The molecule has 0 amide bonds. The fraction of sp³-hybridized carbons (Fsp3) is 0.294. The summed E-state index contributed by atoms with van der Waals surface area (Å²) >= 11 is 0. The first-order chi connectivity index (χ1) is 10.1. The topological polar surface area (TPSA) is 30.9 Å². The summed E-state index contributed by atoms with van der Waals surface area (Å²) in [5, 5.41) is 0. The van der Waals surface area contributed by atoms with E-state index in [-0.39, 0.29) is 0 Å². The van der Waals surface area contributed by atoms with Gasteiger partial charge in [0.25, 0.3) is 0 Å². The zero-order chi connectivity index (χ0) is 15.2. The van der Waals surface area contributed by atoms with Gasteiger partial charge in [0.1, 0.15) is 5.75 Å². The molecule has 21 heavy (non-hydrogen) atoms. The predicted octanol–water partition coefficient (Wildman–Crippen LogP) is 3.56. The van der Waals surface area contributed by atoms with Gasteiger partial charge >= 0.3 is 0 Å². The van der Waals surface area contributed by atoms with Crippen molar-refractivity contribution >= 4 is 0 Å². The number of hydrogen-bond donors (Lipinski definition) is 0. The second-order valence-electron chi connectivity index (χ2n) is 4.98. The number of rotatable bonds is 6. The van der Waals surface area contributed by atoms with Crippen molar-refractivity contribution < 1.29 is 14.2 Å². The highest BCUT2D eigenvalue weighted by Gasteiger charge is 2.12. The van der Waals surface area contributed by atoms with Gasteiger partial charge in [-0.25, -0.2) is 0 Å². The van der Waals surface area contributed by atoms with E-state index in [0.29, 0.717) is 17.2 Å². The van der Waals surface area contributed by atoms with E-state index in [1.54, 1.807) is 14.2 Å². The summed E-state index contributed by atoms with van der Waals surface area (Å²) < 4.78 is 16.6. The lowest BCUT2D eigenvalue weighted by Gasteiger charge is -2.14. The Morgan fingerprint density at radius 2 is 1.43 bits per heavy atom. The molecule has 0 aliphatic rings. The monoisotopic (exact) mass is 287 g/mol. The van der Waals surface area contributed by atoms with Crippen LogP contribution in [0.5, 0.6) is 23.0 Å². The Bertz CT molecular complexity index is 557. The molecule has 2 aromatic carbocycles. The van der Waals surface area contributed by atoms with Crippen LogP contribution in [-0.4, -0.2) is 33.2 Å². The number of para-hydroxylation sites is 1. The maximum Gasteiger partial charge on any atom is 0.210 e. The van der Waals surface area contributed by atoms with E-state index in [1.807, 2.05) is 44.4 Å². The van der Waals surface area contributed by atoms with E-state index in [1.165, 1.54) is 5.56 Å². The molecule has 0 bridgehead atoms. The molecule has 0 atom stereocenters. The lowest BCUT2D eigenvalue weighted by molar-refractivity contribution is 0.346. The molecule has 0 aliphatic carbocycles. The number of methoxy groups -OCH3 is 2. The highest BCUT2D eigenvalue weighted by molar-refractivity contribution is 5.53. The lowest BCUT2D eigenvalue weighted by Crippen LogP contribution is -2.10. The van der Waals surface area contributed by atoms with Crippen LogP contribution in [0.15, 0.2) is 42.5 Å². The van der Waals surface area contributed by atoms with Crippen molar-refractivity contribution in [2.24, 2.45) is 0 Å². The maximum absolute atomic E-state index is 5.92. The molecular formula is C17H21NO3. The van der Waals surface area contributed by atoms with Crippen LogP contribution in [0.1, 0.15) is 5.56 Å². The molecule has 2 aromatic rings. The Morgan fingerprint density at radius 3 is 1.90 bits per heavy atom. The molecule has 0 N–H and O–H groups in total. The minimum absolute atomic E-state index is 0.586. The Balaban J connectivity index is 2.22. The lowest BCUT2D eigenvalue weighted by atomic mass is 10.2. The van der Waals surface area contributed by atoms with Gasteiger partial charge in [-0.15, -0.1) is 0 Å². The number of nitrogens with zero attached hydrogens (tertiary/aromatic N) is 1. The van der Waals surface area contributed by atoms with Crippen molar-refractivity contribution in [1.82, 2.24) is 4.90 Å². The Morgan fingerprint density at radius 1 is 0.857 bits per heavy atom. The van der Waals surface area contributed by atoms with Crippen molar-refractivity contribution in [3.05, 3.63) is 48.0 Å². The minimum atomic E-state index is 0.586. The van der Waals surface area contributed by atoms with E-state index in [9.17, 15) is 0 Å². The highest BCUT2D eigenvalue weighted by Crippen LogP contribution is 2.39. The first kappa shape index (κ1) is 15.2. The van der Waals surface area contributed by atoms with Crippen molar-refractivity contribution in [1.29, 1.82) is 0 Å². The molecule has 4 heteroatoms. The third-order valence-electron chi connectivity index (χ3n) is 3.02. The summed E-state index contributed by atoms with van der Waals surface area (Å²) in [5.41, 5.74) is 1.24. The predicted molar refractivity (Wildman–Crippen MR) is 83.5 cm³/mol. The molecule has 0 heterocycles. The quantitative estimate of drug-likeness (QED) is 0.813. The molecule has 0 aromatic heterocycles. The van der Waals surface area contributed by atoms with E-state index in [4.69, 9.17) is 14.2 Å². The van der Waals surface area contributed by atoms with Crippen LogP contribution in [0.4, 0.5) is 0 Å². The fourth-order valence-corrected chi connectivity index (χ4v) is 2.06. The first-order valence-electron chi connectivity index (χ1n) is 6.76. The SMILES string of the molecule is COc1cccc(OC)c1Oc1ccc(CN(C)C)cc1. The minimum Gasteiger partial charge on any atom is -0.493 e. The van der Waals surface area contributed by atoms with Crippen LogP contribution in [-0.2, 0) is 6.54 Å². The van der Waals surface area contributed by atoms with Crippen molar-refractivity contribution in [3.8, 4) is 23.0 Å². The van der Waals surface area contributed by atoms with Crippen LogP contribution >= 0.6 is 0 Å². The number of benzene rings is 2. The second-order valence-corrected chi connectivity index (χ2v) is 4.98. The van der Waals surface area contributed by atoms with Gasteiger partial charge in [0.05, 0.1) is 14.2 Å². The normalized spacial score (nSPS) is 10.5. The number of hydrogen-bond acceptors (Lipinski definition) is 4. The molecule has 0 saturated carbocycles. The third-order valence-corrected chi connectivity index (χ3v) is 3.02. The Labute approximate surface area is 125 Å². The molecule has 0 radical (unpaired) electrons. The zero-order valence-corrected chi connectivity index (χ0v) is 12.9. The smallest absolute Gasteiger partial charge is 0.210 e. The molecule has 4 nitrogen and oxygen atoms in total. The summed E-state index contributed by atoms with van der Waals surface area (Å²) in [7, 11) is 7.32. The van der Waals surface area contributed by atoms with E-state index in [2.05, 4.69) is 17.0 Å². The van der Waals surface area contributed by atoms with Gasteiger partial charge in [0, 0.05) is 6.54 Å². The fourth-order valence-electron chi connectivity index (χ4n) is 2.06. The van der Waals surface area contributed by atoms with Crippen LogP contribution in [0.25, 0.3) is 0 Å². The largest absolute Gasteiger partial charge is 0.493 e. The maximum atomic E-state index is 5.92. The van der Waals surface area contributed by atoms with Crippen molar-refractivity contribution in [2.45, 2.75) is 6.54 Å². The molecule has 112 valence electrons. The summed E-state index contributed by atoms with van der Waals surface area (Å²) in [6, 6.07) is 13.6. The number of ether oxygens (including phenoxy) is 3. The molecule has 0 spiro atoms. The molecular weight excluding hydrogens is 266 g/mol. The summed E-state index contributed by atoms with van der Waals surface area (Å²) in [6.45, 7) is 0.901. The Hall–Kier alpha value is -2.20. The van der Waals surface area contributed by atoms with Crippen molar-refractivity contribution in [3.63, 3.8) is 0 Å². The van der Waals surface area contributed by atoms with Gasteiger partial charge in [-0.3, -0.25) is 0 Å². The second kappa shape index (κ2) is 6.99. The average Bonchev–Trinajstić information content (AvgIpc) is 2.49. The van der Waals surface area contributed by atoms with Crippen molar-refractivity contribution in [2.75, 3.05) is 28.3 Å². The van der Waals surface area contributed by atoms with Gasteiger partial charge in [-0.1, -0.05) is 18.2 Å². The Kier molecular flexibility index (Phi) is 5.06. The standard InChI is InChI=1S/C17H21NO3/c1-18(2)12-13-8-10-14(11-9-13)21-17-15(19-3)6-5-7-16(17)20-4/h5-11H,12H2,1-4H3. The summed E-state index contributed by atoms with van der Waals surface area (Å²) in [4.78, 5) is 2.12. The summed E-state index contributed by atoms with van der Waals surface area (Å²) in [5.74, 6) is 2.63. The van der Waals surface area contributed by atoms with E-state index in [0.717, 1.165) is 12.3 Å². The van der Waals surface area contributed by atoms with Crippen LogP contribution in [0.3, 0.4) is 0 Å². The van der Waals surface area contributed by atoms with Gasteiger partial charge in [-0.2, -0.15) is 0 Å². The van der Waals surface area contributed by atoms with Gasteiger partial charge in [0.15, 0.2) is 11.5 Å². The third kappa shape index (κ3) is 3.89. The van der Waals surface area contributed by atoms with E-state index >= 15 is 0 Å². The zero-order valence-electron chi connectivity index (χ0n) is 12.9. The molecule has 0 unspecified atom stereocenters. The average molecular weight is 287 g/mol. The molecule has 2 rings (SSSR count). The molecule has 0 fully saturated rings. The van der Waals surface area contributed by atoms with Gasteiger partial charge in [0.2, 0.25) is 5.75 Å². The van der Waals surface area contributed by atoms with Crippen LogP contribution < -0.4 is 14.2 Å². The molecule has 0 aliphatic heterocycles.